The van der Waals surface area contributed by atoms with Crippen molar-refractivity contribution in [1.82, 2.24) is 25.5 Å². The Kier molecular flexibility index (Phi) is 13.1. The Morgan fingerprint density at radius 2 is 1.90 bits per heavy atom. The van der Waals surface area contributed by atoms with Gasteiger partial charge in [0.15, 0.2) is 5.13 Å². The molecule has 3 fully saturated rings. The number of thiazole rings is 1. The van der Waals surface area contributed by atoms with E-state index in [0.717, 1.165) is 25.7 Å². The third-order valence-electron chi connectivity index (χ3n) is 10.8. The number of carbonyl (C=O) groups is 3. The SMILES string of the molecule is C=C[C@@H]1C[C@@]1(CP(=O)(O)OCC)NC(=O)[C@@H]1C[C@@H](Oc2cc(-c3csc(NC(C)O)n3)nc3cc(OC)ccc23)CN1C(=O)[C@@H](NC(=O)OC1CCCC1)C(C)(C)C. The Bertz CT molecular complexity index is 2050. The summed E-state index contributed by atoms with van der Waals surface area (Å²) in [4.78, 5) is 63.9. The number of nitrogens with one attached hydrogen (secondary N) is 3. The first-order valence-corrected chi connectivity index (χ1v) is 22.3. The number of nitrogens with zero attached hydrogens (tertiary/aromatic N) is 3. The lowest BCUT2D eigenvalue weighted by Crippen LogP contribution is -2.59. The van der Waals surface area contributed by atoms with E-state index in [-0.39, 0.29) is 37.8 Å². The maximum atomic E-state index is 14.7. The van der Waals surface area contributed by atoms with Gasteiger partial charge >= 0.3 is 13.7 Å². The van der Waals surface area contributed by atoms with Crippen LogP contribution in [0.3, 0.4) is 0 Å². The fourth-order valence-electron chi connectivity index (χ4n) is 7.79. The number of aromatic nitrogens is 2. The molecule has 0 radical (unpaired) electrons. The number of fused-ring (bicyclic) bond motifs is 1. The van der Waals surface area contributed by atoms with Gasteiger partial charge in [-0.1, -0.05) is 26.8 Å². The van der Waals surface area contributed by atoms with Gasteiger partial charge in [-0.05, 0) is 63.5 Å². The summed E-state index contributed by atoms with van der Waals surface area (Å²) in [6.07, 6.45) is 2.73. The van der Waals surface area contributed by atoms with Gasteiger partial charge in [0.25, 0.3) is 0 Å². The monoisotopic (exact) mass is 842 g/mol. The van der Waals surface area contributed by atoms with Gasteiger partial charge in [-0.3, -0.25) is 14.2 Å². The lowest BCUT2D eigenvalue weighted by molar-refractivity contribution is -0.142. The molecule has 2 aromatic heterocycles. The zero-order chi connectivity index (χ0) is 42.0. The van der Waals surface area contributed by atoms with E-state index in [4.69, 9.17) is 23.7 Å². The molecule has 2 saturated carbocycles. The van der Waals surface area contributed by atoms with Crippen molar-refractivity contribution in [2.45, 2.75) is 109 Å². The van der Waals surface area contributed by atoms with Crippen LogP contribution in [-0.2, 0) is 23.4 Å². The fourth-order valence-corrected chi connectivity index (χ4v) is 10.2. The molecule has 3 aromatic rings. The molecular formula is C40H55N6O10PS. The van der Waals surface area contributed by atoms with E-state index in [9.17, 15) is 28.9 Å². The summed E-state index contributed by atoms with van der Waals surface area (Å²) in [6, 6.07) is 4.96. The minimum atomic E-state index is -4.08. The minimum Gasteiger partial charge on any atom is -0.497 e. The number of hydrogen-bond acceptors (Lipinski definition) is 13. The number of aliphatic hydroxyl groups is 1. The van der Waals surface area contributed by atoms with Crippen molar-refractivity contribution in [3.63, 3.8) is 0 Å². The summed E-state index contributed by atoms with van der Waals surface area (Å²) in [5.74, 6) is -0.326. The number of benzene rings is 1. The van der Waals surface area contributed by atoms with Crippen LogP contribution < -0.4 is 25.4 Å². The fraction of sp³-hybridized carbons (Fsp3) is 0.575. The molecular weight excluding hydrogens is 788 g/mol. The number of hydrogen-bond donors (Lipinski definition) is 5. The predicted octanol–water partition coefficient (Wildman–Crippen LogP) is 5.83. The smallest absolute Gasteiger partial charge is 0.408 e. The molecule has 5 N–H and O–H groups in total. The summed E-state index contributed by atoms with van der Waals surface area (Å²) in [5, 5.41) is 21.5. The Morgan fingerprint density at radius 3 is 2.53 bits per heavy atom. The Morgan fingerprint density at radius 1 is 1.16 bits per heavy atom. The van der Waals surface area contributed by atoms with Gasteiger partial charge in [-0.2, -0.15) is 0 Å². The second-order valence-electron chi connectivity index (χ2n) is 16.4. The molecule has 2 aliphatic carbocycles. The molecule has 16 nitrogen and oxygen atoms in total. The van der Waals surface area contributed by atoms with Crippen LogP contribution in [0.5, 0.6) is 11.5 Å². The molecule has 1 aromatic carbocycles. The standard InChI is InChI=1S/C40H55N6O10PS/c1-8-24-19-40(24,22-57(51,52)54-9-2)45-35(48)32-17-27(20-46(32)36(49)34(39(4,5)6)44-38(50)56-25-12-10-11-13-25)55-33-18-30(31-21-58-37(43-31)41-23(3)47)42-29-16-26(53-7)14-15-28(29)33/h8,14-16,18,21,23-25,27,32,34,47H,1,9-13,17,19-20,22H2,2-7H3,(H,41,43)(H,44,50)(H,45,48)(H,51,52)/t23?,24-,27-,32+,34-,40+/m1/s1. The Balaban J connectivity index is 1.33. The largest absolute Gasteiger partial charge is 0.497 e. The maximum Gasteiger partial charge on any atom is 0.408 e. The van der Waals surface area contributed by atoms with Crippen molar-refractivity contribution < 1.29 is 47.7 Å². The molecule has 58 heavy (non-hydrogen) atoms. The molecule has 6 rings (SSSR count). The van der Waals surface area contributed by atoms with Crippen molar-refractivity contribution in [1.29, 1.82) is 0 Å². The third kappa shape index (κ3) is 10.1. The number of aliphatic hydroxyl groups excluding tert-OH is 1. The summed E-state index contributed by atoms with van der Waals surface area (Å²) in [6.45, 7) is 12.5. The molecule has 3 amide bonds. The number of pyridine rings is 1. The van der Waals surface area contributed by atoms with Gasteiger partial charge in [-0.15, -0.1) is 17.9 Å². The van der Waals surface area contributed by atoms with E-state index in [1.807, 2.05) is 26.8 Å². The van der Waals surface area contributed by atoms with Crippen molar-refractivity contribution >= 4 is 52.9 Å². The number of rotatable bonds is 16. The summed E-state index contributed by atoms with van der Waals surface area (Å²) in [7, 11) is -2.52. The molecule has 0 spiro atoms. The molecule has 0 bridgehead atoms. The summed E-state index contributed by atoms with van der Waals surface area (Å²) in [5.41, 5.74) is -0.313. The topological polar surface area (TPSA) is 211 Å². The average molecular weight is 843 g/mol. The van der Waals surface area contributed by atoms with Crippen molar-refractivity contribution in [3.05, 3.63) is 42.3 Å². The van der Waals surface area contributed by atoms with Crippen LogP contribution in [0, 0.1) is 11.3 Å². The first-order chi connectivity index (χ1) is 27.4. The third-order valence-corrected chi connectivity index (χ3v) is 13.2. The van der Waals surface area contributed by atoms with Crippen LogP contribution in [-0.4, -0.2) is 105 Å². The Labute approximate surface area is 342 Å². The molecule has 18 heteroatoms. The van der Waals surface area contributed by atoms with E-state index in [2.05, 4.69) is 27.5 Å². The number of alkyl carbamates (subject to hydrolysis) is 1. The highest BCUT2D eigenvalue weighted by Crippen LogP contribution is 2.56. The second kappa shape index (κ2) is 17.5. The zero-order valence-electron chi connectivity index (χ0n) is 33.9. The number of ether oxygens (including phenoxy) is 3. The van der Waals surface area contributed by atoms with E-state index in [1.165, 1.54) is 16.2 Å². The van der Waals surface area contributed by atoms with Crippen LogP contribution in [0.15, 0.2) is 42.3 Å². The van der Waals surface area contributed by atoms with Crippen LogP contribution in [0.4, 0.5) is 9.93 Å². The molecule has 1 saturated heterocycles. The molecule has 3 aliphatic rings. The number of anilines is 1. The highest BCUT2D eigenvalue weighted by Gasteiger charge is 2.58. The van der Waals surface area contributed by atoms with Gasteiger partial charge in [0.2, 0.25) is 11.8 Å². The zero-order valence-corrected chi connectivity index (χ0v) is 35.6. The first-order valence-electron chi connectivity index (χ1n) is 19.7. The molecule has 2 unspecified atom stereocenters. The van der Waals surface area contributed by atoms with Crippen LogP contribution >= 0.6 is 18.9 Å². The summed E-state index contributed by atoms with van der Waals surface area (Å²) >= 11 is 1.30. The lowest BCUT2D eigenvalue weighted by atomic mass is 9.85. The highest BCUT2D eigenvalue weighted by atomic mass is 32.1. The van der Waals surface area contributed by atoms with Crippen molar-refractivity contribution in [2.75, 3.05) is 31.7 Å². The van der Waals surface area contributed by atoms with Crippen LogP contribution in [0.1, 0.15) is 73.1 Å². The summed E-state index contributed by atoms with van der Waals surface area (Å²) < 4.78 is 36.0. The average Bonchev–Trinajstić information content (AvgIpc) is 3.62. The Hall–Kier alpha value is -4.28. The molecule has 316 valence electrons. The van der Waals surface area contributed by atoms with Crippen molar-refractivity contribution in [3.8, 4) is 22.9 Å². The van der Waals surface area contributed by atoms with Gasteiger partial charge in [0, 0.05) is 35.2 Å². The molecule has 7 atom stereocenters. The predicted molar refractivity (Wildman–Crippen MR) is 220 cm³/mol. The number of likely N-dealkylation sites (tertiary alicyclic amines) is 1. The number of methoxy groups -OCH3 is 1. The van der Waals surface area contributed by atoms with Crippen LogP contribution in [0.2, 0.25) is 0 Å². The van der Waals surface area contributed by atoms with E-state index < -0.39 is 60.9 Å². The van der Waals surface area contributed by atoms with Crippen molar-refractivity contribution in [2.24, 2.45) is 11.3 Å². The normalized spacial score (nSPS) is 24.1. The minimum absolute atomic E-state index is 0.0193. The molecule has 1 aliphatic heterocycles. The van der Waals surface area contributed by atoms with Gasteiger partial charge in [-0.25, -0.2) is 14.8 Å². The number of amides is 3. The maximum absolute atomic E-state index is 14.7. The van der Waals surface area contributed by atoms with Gasteiger partial charge in [0.1, 0.15) is 47.7 Å². The van der Waals surface area contributed by atoms with Crippen LogP contribution in [0.25, 0.3) is 22.3 Å². The highest BCUT2D eigenvalue weighted by molar-refractivity contribution is 7.52. The first kappa shape index (κ1) is 43.3. The number of carbonyl (C=O) groups excluding carboxylic acids is 3. The van der Waals surface area contributed by atoms with E-state index >= 15 is 0 Å². The quantitative estimate of drug-likeness (QED) is 0.0654. The second-order valence-corrected chi connectivity index (χ2v) is 19.1. The van der Waals surface area contributed by atoms with Gasteiger partial charge < -0.3 is 49.6 Å². The van der Waals surface area contributed by atoms with Gasteiger partial charge in [0.05, 0.1) is 43.2 Å². The van der Waals surface area contributed by atoms with E-state index in [1.54, 1.807) is 50.6 Å². The molecule has 3 heterocycles. The van der Waals surface area contributed by atoms with E-state index in [0.29, 0.717) is 45.3 Å². The lowest BCUT2D eigenvalue weighted by Gasteiger charge is -2.35.